The van der Waals surface area contributed by atoms with Crippen LogP contribution in [0.1, 0.15) is 63.2 Å². The Morgan fingerprint density at radius 1 is 1.24 bits per heavy atom. The summed E-state index contributed by atoms with van der Waals surface area (Å²) in [7, 11) is 0. The van der Waals surface area contributed by atoms with Crippen molar-refractivity contribution in [2.45, 2.75) is 70.1 Å². The molecule has 1 aromatic carbocycles. The van der Waals surface area contributed by atoms with E-state index in [-0.39, 0.29) is 24.3 Å². The van der Waals surface area contributed by atoms with E-state index < -0.39 is 30.5 Å². The van der Waals surface area contributed by atoms with Crippen molar-refractivity contribution in [3.63, 3.8) is 0 Å². The molecule has 0 radical (unpaired) electrons. The minimum atomic E-state index is -4.80. The average Bonchev–Trinajstić information content (AvgIpc) is 3.34. The SMILES string of the molecule is CCc1ccc(C(=O)N[C@H]2C[C@H](OC(F)(F)F)C[C@@H]2O)cc1NC(=O)c1cnc(CC2CC2)s1. The molecule has 2 aliphatic carbocycles. The Labute approximate surface area is 198 Å². The fourth-order valence-corrected chi connectivity index (χ4v) is 4.99. The van der Waals surface area contributed by atoms with E-state index in [9.17, 15) is 27.9 Å². The zero-order valence-corrected chi connectivity index (χ0v) is 19.3. The normalized spacial score (nSPS) is 22.6. The van der Waals surface area contributed by atoms with Crippen LogP contribution in [-0.2, 0) is 17.6 Å². The summed E-state index contributed by atoms with van der Waals surface area (Å²) in [5.41, 5.74) is 1.52. The lowest BCUT2D eigenvalue weighted by Gasteiger charge is -2.17. The zero-order valence-electron chi connectivity index (χ0n) is 18.5. The van der Waals surface area contributed by atoms with Gasteiger partial charge in [0.1, 0.15) is 4.88 Å². The second kappa shape index (κ2) is 10.0. The first-order chi connectivity index (χ1) is 16.1. The second-order valence-electron chi connectivity index (χ2n) is 8.75. The van der Waals surface area contributed by atoms with Crippen LogP contribution in [-0.4, -0.2) is 46.5 Å². The van der Waals surface area contributed by atoms with E-state index in [4.69, 9.17) is 0 Å². The Morgan fingerprint density at radius 2 is 2.00 bits per heavy atom. The molecule has 11 heteroatoms. The fraction of sp³-hybridized carbons (Fsp3) is 0.522. The highest BCUT2D eigenvalue weighted by molar-refractivity contribution is 7.13. The molecule has 34 heavy (non-hydrogen) atoms. The smallest absolute Gasteiger partial charge is 0.391 e. The number of amides is 2. The predicted molar refractivity (Wildman–Crippen MR) is 120 cm³/mol. The number of ether oxygens (including phenoxy) is 1. The van der Waals surface area contributed by atoms with Gasteiger partial charge in [-0.05, 0) is 49.3 Å². The van der Waals surface area contributed by atoms with Gasteiger partial charge in [-0.25, -0.2) is 4.98 Å². The van der Waals surface area contributed by atoms with Crippen molar-refractivity contribution >= 4 is 28.8 Å². The maximum atomic E-state index is 12.8. The molecule has 1 aromatic heterocycles. The van der Waals surface area contributed by atoms with Crippen LogP contribution in [0.15, 0.2) is 24.4 Å². The quantitative estimate of drug-likeness (QED) is 0.511. The number of aryl methyl sites for hydroxylation is 1. The number of hydrogen-bond acceptors (Lipinski definition) is 6. The number of nitrogens with zero attached hydrogens (tertiary/aromatic N) is 1. The Hall–Kier alpha value is -2.50. The van der Waals surface area contributed by atoms with Crippen LogP contribution in [0, 0.1) is 5.92 Å². The van der Waals surface area contributed by atoms with Crippen molar-refractivity contribution in [2.24, 2.45) is 5.92 Å². The number of alkyl halides is 3. The maximum absolute atomic E-state index is 12.8. The number of aliphatic hydroxyl groups excluding tert-OH is 1. The molecule has 4 rings (SSSR count). The summed E-state index contributed by atoms with van der Waals surface area (Å²) in [5, 5.41) is 16.4. The van der Waals surface area contributed by atoms with Gasteiger partial charge in [0.05, 0.1) is 29.5 Å². The number of hydrogen-bond donors (Lipinski definition) is 3. The molecule has 2 saturated carbocycles. The van der Waals surface area contributed by atoms with Crippen LogP contribution in [0.3, 0.4) is 0 Å². The Bertz CT molecular complexity index is 1050. The Morgan fingerprint density at radius 3 is 2.68 bits per heavy atom. The van der Waals surface area contributed by atoms with E-state index in [1.807, 2.05) is 6.92 Å². The first-order valence-electron chi connectivity index (χ1n) is 11.2. The number of thiazole rings is 1. The fourth-order valence-electron chi connectivity index (χ4n) is 4.07. The van der Waals surface area contributed by atoms with Gasteiger partial charge in [0.2, 0.25) is 0 Å². The highest BCUT2D eigenvalue weighted by atomic mass is 32.1. The van der Waals surface area contributed by atoms with E-state index in [0.717, 1.165) is 17.0 Å². The molecule has 184 valence electrons. The molecule has 0 unspecified atom stereocenters. The lowest BCUT2D eigenvalue weighted by Crippen LogP contribution is -2.40. The summed E-state index contributed by atoms with van der Waals surface area (Å²) >= 11 is 1.36. The molecular weight excluding hydrogens is 471 g/mol. The van der Waals surface area contributed by atoms with Gasteiger partial charge in [0, 0.05) is 24.1 Å². The molecule has 2 fully saturated rings. The molecule has 3 N–H and O–H groups in total. The van der Waals surface area contributed by atoms with Gasteiger partial charge in [0.15, 0.2) is 0 Å². The van der Waals surface area contributed by atoms with Gasteiger partial charge in [-0.15, -0.1) is 24.5 Å². The standard InChI is InChI=1S/C23H26F3N3O4S/c1-2-13-5-6-14(21(31)29-17-9-15(10-18(17)30)33-23(24,25)26)8-16(13)28-22(32)19-11-27-20(34-19)7-12-3-4-12/h5-6,8,11-12,15,17-18,30H,2-4,7,9-10H2,1H3,(H,28,32)(H,29,31)/t15-,17-,18-/m0/s1. The molecule has 7 nitrogen and oxygen atoms in total. The van der Waals surface area contributed by atoms with Gasteiger partial charge in [0.25, 0.3) is 11.8 Å². The monoisotopic (exact) mass is 497 g/mol. The first-order valence-corrected chi connectivity index (χ1v) is 12.1. The number of carbonyl (C=O) groups excluding carboxylic acids is 2. The third-order valence-corrected chi connectivity index (χ3v) is 7.06. The summed E-state index contributed by atoms with van der Waals surface area (Å²) in [6.45, 7) is 1.92. The van der Waals surface area contributed by atoms with E-state index in [0.29, 0.717) is 22.9 Å². The van der Waals surface area contributed by atoms with E-state index >= 15 is 0 Å². The average molecular weight is 498 g/mol. The van der Waals surface area contributed by atoms with Crippen LogP contribution in [0.5, 0.6) is 0 Å². The molecule has 0 spiro atoms. The van der Waals surface area contributed by atoms with Gasteiger partial charge in [-0.2, -0.15) is 0 Å². The Kier molecular flexibility index (Phi) is 7.25. The van der Waals surface area contributed by atoms with Gasteiger partial charge >= 0.3 is 6.36 Å². The summed E-state index contributed by atoms with van der Waals surface area (Å²) in [6, 6.07) is 3.96. The Balaban J connectivity index is 1.41. The summed E-state index contributed by atoms with van der Waals surface area (Å²) < 4.78 is 41.4. The van der Waals surface area contributed by atoms with Crippen molar-refractivity contribution in [3.8, 4) is 0 Å². The van der Waals surface area contributed by atoms with Crippen molar-refractivity contribution in [2.75, 3.05) is 5.32 Å². The highest BCUT2D eigenvalue weighted by Gasteiger charge is 2.41. The molecule has 2 aromatic rings. The molecule has 0 aliphatic heterocycles. The van der Waals surface area contributed by atoms with Gasteiger partial charge < -0.3 is 15.7 Å². The first kappa shape index (κ1) is 24.6. The molecule has 2 amide bonds. The van der Waals surface area contributed by atoms with E-state index in [1.165, 1.54) is 30.2 Å². The number of aliphatic hydroxyl groups is 1. The van der Waals surface area contributed by atoms with Gasteiger partial charge in [-0.3, -0.25) is 14.3 Å². The molecule has 1 heterocycles. The minimum Gasteiger partial charge on any atom is -0.391 e. The van der Waals surface area contributed by atoms with Crippen LogP contribution in [0.25, 0.3) is 0 Å². The second-order valence-corrected chi connectivity index (χ2v) is 9.86. The number of halogens is 3. The van der Waals surface area contributed by atoms with Crippen LogP contribution >= 0.6 is 11.3 Å². The predicted octanol–water partition coefficient (Wildman–Crippen LogP) is 4.07. The lowest BCUT2D eigenvalue weighted by atomic mass is 10.1. The van der Waals surface area contributed by atoms with E-state index in [2.05, 4.69) is 20.4 Å². The highest BCUT2D eigenvalue weighted by Crippen LogP contribution is 2.34. The topological polar surface area (TPSA) is 101 Å². The molecule has 2 aliphatic rings. The lowest BCUT2D eigenvalue weighted by molar-refractivity contribution is -0.342. The van der Waals surface area contributed by atoms with Crippen LogP contribution in [0.2, 0.25) is 0 Å². The zero-order chi connectivity index (χ0) is 24.5. The number of nitrogens with one attached hydrogen (secondary N) is 2. The minimum absolute atomic E-state index is 0.155. The number of carbonyl (C=O) groups is 2. The van der Waals surface area contributed by atoms with Crippen molar-refractivity contribution in [1.29, 1.82) is 0 Å². The third kappa shape index (κ3) is 6.34. The van der Waals surface area contributed by atoms with Crippen LogP contribution < -0.4 is 10.6 Å². The number of rotatable bonds is 8. The van der Waals surface area contributed by atoms with Crippen LogP contribution in [0.4, 0.5) is 18.9 Å². The molecule has 0 saturated heterocycles. The molecule has 0 bridgehead atoms. The van der Waals surface area contributed by atoms with Crippen molar-refractivity contribution in [3.05, 3.63) is 45.4 Å². The number of aromatic nitrogens is 1. The summed E-state index contributed by atoms with van der Waals surface area (Å²) in [4.78, 5) is 30.3. The molecule has 3 atom stereocenters. The third-order valence-electron chi connectivity index (χ3n) is 6.04. The van der Waals surface area contributed by atoms with E-state index in [1.54, 1.807) is 18.3 Å². The van der Waals surface area contributed by atoms with Crippen molar-refractivity contribution in [1.82, 2.24) is 10.3 Å². The summed E-state index contributed by atoms with van der Waals surface area (Å²) in [5.74, 6) is -0.206. The summed E-state index contributed by atoms with van der Waals surface area (Å²) in [6.07, 6.45) is -2.10. The maximum Gasteiger partial charge on any atom is 0.522 e. The number of anilines is 1. The van der Waals surface area contributed by atoms with Crippen molar-refractivity contribution < 1.29 is 32.6 Å². The van der Waals surface area contributed by atoms with Gasteiger partial charge in [-0.1, -0.05) is 13.0 Å². The largest absolute Gasteiger partial charge is 0.522 e. The molecular formula is C23H26F3N3O4S. The number of benzene rings is 1.